The average molecular weight is 295 g/mol. The quantitative estimate of drug-likeness (QED) is 0.802. The first-order valence-corrected chi connectivity index (χ1v) is 7.13. The molecule has 1 amide bonds. The summed E-state index contributed by atoms with van der Waals surface area (Å²) in [7, 11) is 0. The molecule has 1 fully saturated rings. The number of aromatic nitrogens is 3. The second kappa shape index (κ2) is 6.66. The molecule has 0 radical (unpaired) electrons. The van der Waals surface area contributed by atoms with Gasteiger partial charge in [-0.25, -0.2) is 4.98 Å². The summed E-state index contributed by atoms with van der Waals surface area (Å²) in [6, 6.07) is 0. The number of carboxylic acid groups (broad SMARTS) is 1. The van der Waals surface area contributed by atoms with Crippen molar-refractivity contribution in [2.24, 2.45) is 0 Å². The number of carbonyl (C=O) groups is 2. The van der Waals surface area contributed by atoms with Gasteiger partial charge in [0.25, 0.3) is 5.91 Å². The average Bonchev–Trinajstić information content (AvgIpc) is 2.95. The number of piperazine rings is 1. The van der Waals surface area contributed by atoms with E-state index in [1.165, 1.54) is 0 Å². The number of hydrogen-bond donors (Lipinski definition) is 2. The van der Waals surface area contributed by atoms with Crippen molar-refractivity contribution in [2.45, 2.75) is 26.2 Å². The standard InChI is InChI=1S/C13H21N5O3/c1-9(2)11-14-12(16-15-11)13(21)18-7-5-17(6-8-18)4-3-10(19)20/h9H,3-8H2,1-2H3,(H,19,20)(H,14,15,16). The fourth-order valence-electron chi connectivity index (χ4n) is 2.20. The van der Waals surface area contributed by atoms with Crippen LogP contribution in [-0.2, 0) is 4.79 Å². The van der Waals surface area contributed by atoms with Crippen LogP contribution in [0.5, 0.6) is 0 Å². The normalized spacial score (nSPS) is 16.4. The predicted octanol–water partition coefficient (Wildman–Crippen LogP) is 0.161. The highest BCUT2D eigenvalue weighted by Crippen LogP contribution is 2.10. The zero-order chi connectivity index (χ0) is 15.4. The van der Waals surface area contributed by atoms with Gasteiger partial charge in [-0.1, -0.05) is 13.8 Å². The molecule has 0 spiro atoms. The van der Waals surface area contributed by atoms with Gasteiger partial charge in [-0.05, 0) is 0 Å². The number of aromatic amines is 1. The van der Waals surface area contributed by atoms with Crippen LogP contribution in [0.2, 0.25) is 0 Å². The monoisotopic (exact) mass is 295 g/mol. The van der Waals surface area contributed by atoms with Crippen LogP contribution in [0, 0.1) is 0 Å². The van der Waals surface area contributed by atoms with E-state index in [4.69, 9.17) is 5.11 Å². The molecule has 1 aromatic rings. The van der Waals surface area contributed by atoms with Crippen molar-refractivity contribution < 1.29 is 14.7 Å². The maximum Gasteiger partial charge on any atom is 0.304 e. The molecule has 2 rings (SSSR count). The lowest BCUT2D eigenvalue weighted by Gasteiger charge is -2.33. The highest BCUT2D eigenvalue weighted by atomic mass is 16.4. The SMILES string of the molecule is CC(C)c1nc(C(=O)N2CCN(CCC(=O)O)CC2)n[nH]1. The number of amides is 1. The fourth-order valence-corrected chi connectivity index (χ4v) is 2.20. The van der Waals surface area contributed by atoms with Crippen LogP contribution >= 0.6 is 0 Å². The van der Waals surface area contributed by atoms with Crippen LogP contribution in [0.3, 0.4) is 0 Å². The van der Waals surface area contributed by atoms with Gasteiger partial charge in [0.15, 0.2) is 0 Å². The molecule has 0 aliphatic carbocycles. The Morgan fingerprint density at radius 1 is 1.29 bits per heavy atom. The molecule has 0 atom stereocenters. The number of carbonyl (C=O) groups excluding carboxylic acids is 1. The molecular formula is C13H21N5O3. The Morgan fingerprint density at radius 2 is 1.95 bits per heavy atom. The Balaban J connectivity index is 1.86. The lowest BCUT2D eigenvalue weighted by Crippen LogP contribution is -2.49. The second-order valence-corrected chi connectivity index (χ2v) is 5.48. The lowest BCUT2D eigenvalue weighted by molar-refractivity contribution is -0.137. The molecule has 2 heterocycles. The number of hydrogen-bond acceptors (Lipinski definition) is 5. The van der Waals surface area contributed by atoms with Gasteiger partial charge in [0.05, 0.1) is 6.42 Å². The van der Waals surface area contributed by atoms with Gasteiger partial charge >= 0.3 is 5.97 Å². The summed E-state index contributed by atoms with van der Waals surface area (Å²) < 4.78 is 0. The van der Waals surface area contributed by atoms with E-state index in [1.54, 1.807) is 4.90 Å². The molecular weight excluding hydrogens is 274 g/mol. The van der Waals surface area contributed by atoms with Crippen LogP contribution in [0.15, 0.2) is 0 Å². The molecule has 1 aliphatic heterocycles. The minimum Gasteiger partial charge on any atom is -0.481 e. The third-order valence-electron chi connectivity index (χ3n) is 3.54. The third kappa shape index (κ3) is 4.01. The number of nitrogens with one attached hydrogen (secondary N) is 1. The highest BCUT2D eigenvalue weighted by molar-refractivity contribution is 5.90. The summed E-state index contributed by atoms with van der Waals surface area (Å²) in [6.07, 6.45) is 0.132. The molecule has 116 valence electrons. The minimum absolute atomic E-state index is 0.132. The lowest BCUT2D eigenvalue weighted by atomic mass is 10.2. The maximum absolute atomic E-state index is 12.3. The predicted molar refractivity (Wildman–Crippen MR) is 75.1 cm³/mol. The first-order valence-electron chi connectivity index (χ1n) is 7.13. The number of rotatable bonds is 5. The molecule has 0 unspecified atom stereocenters. The smallest absolute Gasteiger partial charge is 0.304 e. The first kappa shape index (κ1) is 15.4. The maximum atomic E-state index is 12.3. The van der Waals surface area contributed by atoms with E-state index in [0.717, 1.165) is 0 Å². The molecule has 8 heteroatoms. The van der Waals surface area contributed by atoms with E-state index < -0.39 is 5.97 Å². The van der Waals surface area contributed by atoms with E-state index >= 15 is 0 Å². The number of aliphatic carboxylic acids is 1. The Bertz CT molecular complexity index is 506. The van der Waals surface area contributed by atoms with Gasteiger partial charge in [0.2, 0.25) is 5.82 Å². The highest BCUT2D eigenvalue weighted by Gasteiger charge is 2.25. The molecule has 1 saturated heterocycles. The zero-order valence-corrected chi connectivity index (χ0v) is 12.4. The number of H-pyrrole nitrogens is 1. The van der Waals surface area contributed by atoms with Crippen molar-refractivity contribution >= 4 is 11.9 Å². The molecule has 0 bridgehead atoms. The van der Waals surface area contributed by atoms with E-state index in [2.05, 4.69) is 20.1 Å². The van der Waals surface area contributed by atoms with Crippen molar-refractivity contribution in [1.29, 1.82) is 0 Å². The fraction of sp³-hybridized carbons (Fsp3) is 0.692. The molecule has 2 N–H and O–H groups in total. The summed E-state index contributed by atoms with van der Waals surface area (Å²) >= 11 is 0. The van der Waals surface area contributed by atoms with Crippen LogP contribution in [0.25, 0.3) is 0 Å². The van der Waals surface area contributed by atoms with E-state index in [9.17, 15) is 9.59 Å². The molecule has 8 nitrogen and oxygen atoms in total. The Kier molecular flexibility index (Phi) is 4.89. The van der Waals surface area contributed by atoms with Crippen molar-refractivity contribution in [3.05, 3.63) is 11.6 Å². The van der Waals surface area contributed by atoms with Crippen LogP contribution < -0.4 is 0 Å². The zero-order valence-electron chi connectivity index (χ0n) is 12.4. The van der Waals surface area contributed by atoms with Crippen molar-refractivity contribution in [1.82, 2.24) is 25.0 Å². The Morgan fingerprint density at radius 3 is 2.48 bits per heavy atom. The molecule has 0 saturated carbocycles. The largest absolute Gasteiger partial charge is 0.481 e. The van der Waals surface area contributed by atoms with Crippen molar-refractivity contribution in [3.8, 4) is 0 Å². The van der Waals surface area contributed by atoms with Gasteiger partial charge in [-0.15, -0.1) is 5.10 Å². The van der Waals surface area contributed by atoms with Gasteiger partial charge in [-0.3, -0.25) is 19.6 Å². The number of nitrogens with zero attached hydrogens (tertiary/aromatic N) is 4. The van der Waals surface area contributed by atoms with Crippen LogP contribution in [-0.4, -0.2) is 74.7 Å². The van der Waals surface area contributed by atoms with E-state index in [-0.39, 0.29) is 24.1 Å². The Hall–Kier alpha value is -1.96. The van der Waals surface area contributed by atoms with E-state index in [0.29, 0.717) is 38.5 Å². The first-order chi connectivity index (χ1) is 9.97. The third-order valence-corrected chi connectivity index (χ3v) is 3.54. The summed E-state index contributed by atoms with van der Waals surface area (Å²) in [5, 5.41) is 15.4. The summed E-state index contributed by atoms with van der Waals surface area (Å²) in [5.74, 6) is 0.148. The van der Waals surface area contributed by atoms with Crippen molar-refractivity contribution in [3.63, 3.8) is 0 Å². The summed E-state index contributed by atoms with van der Waals surface area (Å²) in [6.45, 7) is 7.00. The second-order valence-electron chi connectivity index (χ2n) is 5.48. The summed E-state index contributed by atoms with van der Waals surface area (Å²) in [5.41, 5.74) is 0. The van der Waals surface area contributed by atoms with Gasteiger partial charge in [0.1, 0.15) is 5.82 Å². The van der Waals surface area contributed by atoms with Gasteiger partial charge < -0.3 is 10.0 Å². The van der Waals surface area contributed by atoms with Crippen LogP contribution in [0.1, 0.15) is 42.6 Å². The van der Waals surface area contributed by atoms with Crippen LogP contribution in [0.4, 0.5) is 0 Å². The Labute approximate surface area is 123 Å². The van der Waals surface area contributed by atoms with Gasteiger partial charge in [-0.2, -0.15) is 0 Å². The molecule has 1 aliphatic rings. The van der Waals surface area contributed by atoms with E-state index in [1.807, 2.05) is 13.8 Å². The molecule has 1 aromatic heterocycles. The molecule has 0 aromatic carbocycles. The van der Waals surface area contributed by atoms with Crippen molar-refractivity contribution in [2.75, 3.05) is 32.7 Å². The topological polar surface area (TPSA) is 102 Å². The van der Waals surface area contributed by atoms with Gasteiger partial charge in [0, 0.05) is 38.6 Å². The summed E-state index contributed by atoms with van der Waals surface area (Å²) in [4.78, 5) is 30.8. The minimum atomic E-state index is -0.796. The number of carboxylic acids is 1. The molecule has 21 heavy (non-hydrogen) atoms.